The van der Waals surface area contributed by atoms with Crippen molar-refractivity contribution in [1.82, 2.24) is 19.2 Å². The van der Waals surface area contributed by atoms with Gasteiger partial charge in [0.25, 0.3) is 11.5 Å². The molecule has 9 nitrogen and oxygen atoms in total. The van der Waals surface area contributed by atoms with Gasteiger partial charge in [0.2, 0.25) is 6.79 Å². The molecule has 11 heteroatoms. The molecule has 0 spiro atoms. The number of anilines is 1. The highest BCUT2D eigenvalue weighted by Crippen LogP contribution is 2.35. The summed E-state index contributed by atoms with van der Waals surface area (Å²) < 4.78 is 13.0. The van der Waals surface area contributed by atoms with Gasteiger partial charge in [0, 0.05) is 45.5 Å². The van der Waals surface area contributed by atoms with Gasteiger partial charge in [-0.3, -0.25) is 23.8 Å². The summed E-state index contributed by atoms with van der Waals surface area (Å²) in [5, 5.41) is 0. The second-order valence-corrected chi connectivity index (χ2v) is 11.9. The van der Waals surface area contributed by atoms with E-state index in [1.165, 1.54) is 21.7 Å². The zero-order valence-electron chi connectivity index (χ0n) is 21.8. The number of hydrogen-bond acceptors (Lipinski definition) is 9. The Morgan fingerprint density at radius 3 is 2.67 bits per heavy atom. The topological polar surface area (TPSA) is 79.6 Å². The lowest BCUT2D eigenvalue weighted by atomic mass is 10.1. The molecule has 2 saturated heterocycles. The Labute approximate surface area is 236 Å². The van der Waals surface area contributed by atoms with Crippen molar-refractivity contribution in [1.29, 1.82) is 0 Å². The lowest BCUT2D eigenvalue weighted by molar-refractivity contribution is -0.122. The van der Waals surface area contributed by atoms with Crippen LogP contribution in [0.4, 0.5) is 5.82 Å². The Kier molecular flexibility index (Phi) is 7.05. The molecule has 2 aromatic heterocycles. The third-order valence-electron chi connectivity index (χ3n) is 6.96. The van der Waals surface area contributed by atoms with Gasteiger partial charge < -0.3 is 14.4 Å². The number of benzene rings is 1. The van der Waals surface area contributed by atoms with Gasteiger partial charge in [0.1, 0.15) is 15.8 Å². The second-order valence-electron chi connectivity index (χ2n) is 10.2. The van der Waals surface area contributed by atoms with Crippen molar-refractivity contribution in [2.24, 2.45) is 5.92 Å². The van der Waals surface area contributed by atoms with Crippen molar-refractivity contribution in [2.75, 3.05) is 44.4 Å². The lowest BCUT2D eigenvalue weighted by Crippen LogP contribution is -2.47. The van der Waals surface area contributed by atoms with Gasteiger partial charge in [-0.05, 0) is 41.8 Å². The summed E-state index contributed by atoms with van der Waals surface area (Å²) in [6.07, 6.45) is 3.39. The third kappa shape index (κ3) is 5.13. The van der Waals surface area contributed by atoms with Gasteiger partial charge in [-0.25, -0.2) is 4.98 Å². The molecule has 3 aliphatic rings. The normalized spacial score (nSPS) is 18.8. The Hall–Kier alpha value is -3.41. The molecule has 0 radical (unpaired) electrons. The highest BCUT2D eigenvalue weighted by molar-refractivity contribution is 8.26. The standard InChI is InChI=1S/C28H29N5O4S2/c1-18(2)15-33-27(35)23(39-28(33)38)14-20-25(29-24-5-3-4-8-32(24)26(20)34)31-11-9-30(10-12-31)16-19-6-7-21-22(13-19)37-17-36-21/h3-8,13-14,18H,9-12,15-17H2,1-2H3/b23-14-. The number of piperazine rings is 1. The van der Waals surface area contributed by atoms with Crippen molar-refractivity contribution in [3.8, 4) is 11.5 Å². The molecule has 1 aromatic carbocycles. The first-order chi connectivity index (χ1) is 18.9. The van der Waals surface area contributed by atoms with Crippen LogP contribution >= 0.6 is 24.0 Å². The number of aromatic nitrogens is 2. The van der Waals surface area contributed by atoms with Crippen LogP contribution in [0.25, 0.3) is 11.7 Å². The average Bonchev–Trinajstić information content (AvgIpc) is 3.50. The Bertz CT molecular complexity index is 1540. The largest absolute Gasteiger partial charge is 0.454 e. The van der Waals surface area contributed by atoms with E-state index in [1.807, 2.05) is 38.1 Å². The molecule has 202 valence electrons. The molecule has 39 heavy (non-hydrogen) atoms. The summed E-state index contributed by atoms with van der Waals surface area (Å²) in [6, 6.07) is 11.6. The summed E-state index contributed by atoms with van der Waals surface area (Å²) in [6.45, 7) is 8.72. The van der Waals surface area contributed by atoms with Crippen molar-refractivity contribution >= 4 is 51.7 Å². The highest BCUT2D eigenvalue weighted by Gasteiger charge is 2.33. The Morgan fingerprint density at radius 2 is 1.87 bits per heavy atom. The zero-order chi connectivity index (χ0) is 27.1. The van der Waals surface area contributed by atoms with Crippen molar-refractivity contribution in [2.45, 2.75) is 20.4 Å². The zero-order valence-corrected chi connectivity index (χ0v) is 23.5. The average molecular weight is 564 g/mol. The number of carbonyl (C=O) groups is 1. The maximum absolute atomic E-state index is 13.7. The van der Waals surface area contributed by atoms with Crippen LogP contribution in [0.5, 0.6) is 11.5 Å². The number of ether oxygens (including phenoxy) is 2. The fourth-order valence-electron chi connectivity index (χ4n) is 5.03. The number of hydrogen-bond donors (Lipinski definition) is 0. The minimum atomic E-state index is -0.201. The quantitative estimate of drug-likeness (QED) is 0.330. The summed E-state index contributed by atoms with van der Waals surface area (Å²) in [5.41, 5.74) is 1.95. The summed E-state index contributed by atoms with van der Waals surface area (Å²) in [4.78, 5) is 38.4. The van der Waals surface area contributed by atoms with Crippen LogP contribution in [-0.2, 0) is 11.3 Å². The number of rotatable bonds is 6. The van der Waals surface area contributed by atoms with Gasteiger partial charge in [-0.1, -0.05) is 50.0 Å². The molecular weight excluding hydrogens is 534 g/mol. The smallest absolute Gasteiger partial charge is 0.267 e. The second kappa shape index (κ2) is 10.6. The molecule has 0 unspecified atom stereocenters. The molecule has 0 atom stereocenters. The number of fused-ring (bicyclic) bond motifs is 2. The fourth-order valence-corrected chi connectivity index (χ4v) is 6.28. The van der Waals surface area contributed by atoms with Gasteiger partial charge in [0.05, 0.1) is 10.5 Å². The third-order valence-corrected chi connectivity index (χ3v) is 8.34. The van der Waals surface area contributed by atoms with Crippen LogP contribution < -0.4 is 19.9 Å². The van der Waals surface area contributed by atoms with Crippen molar-refractivity contribution in [3.63, 3.8) is 0 Å². The van der Waals surface area contributed by atoms with Crippen LogP contribution in [0.15, 0.2) is 52.3 Å². The number of nitrogens with zero attached hydrogens (tertiary/aromatic N) is 5. The Balaban J connectivity index is 1.27. The van der Waals surface area contributed by atoms with Crippen LogP contribution in [0.2, 0.25) is 0 Å². The van der Waals surface area contributed by atoms with E-state index in [4.69, 9.17) is 26.7 Å². The molecule has 3 aliphatic heterocycles. The predicted octanol–water partition coefficient (Wildman–Crippen LogP) is 3.60. The van der Waals surface area contributed by atoms with Crippen molar-refractivity contribution in [3.05, 3.63) is 69.0 Å². The summed E-state index contributed by atoms with van der Waals surface area (Å²) in [7, 11) is 0. The molecule has 0 saturated carbocycles. The van der Waals surface area contributed by atoms with E-state index in [0.717, 1.165) is 31.1 Å². The minimum Gasteiger partial charge on any atom is -0.454 e. The van der Waals surface area contributed by atoms with Crippen LogP contribution in [-0.4, -0.2) is 68.9 Å². The van der Waals surface area contributed by atoms with E-state index in [2.05, 4.69) is 15.9 Å². The van der Waals surface area contributed by atoms with E-state index in [0.29, 0.717) is 45.9 Å². The first-order valence-corrected chi connectivity index (χ1v) is 14.2. The van der Waals surface area contributed by atoms with Crippen LogP contribution in [0.3, 0.4) is 0 Å². The Morgan fingerprint density at radius 1 is 1.08 bits per heavy atom. The maximum atomic E-state index is 13.7. The number of thioether (sulfide) groups is 1. The number of carbonyl (C=O) groups excluding carboxylic acids is 1. The van der Waals surface area contributed by atoms with Crippen LogP contribution in [0, 0.1) is 5.92 Å². The first-order valence-electron chi connectivity index (χ1n) is 13.0. The highest BCUT2D eigenvalue weighted by atomic mass is 32.2. The molecule has 0 bridgehead atoms. The fraction of sp³-hybridized carbons (Fsp3) is 0.357. The number of pyridine rings is 1. The molecule has 1 amide bonds. The minimum absolute atomic E-state index is 0.157. The molecule has 3 aromatic rings. The molecule has 6 rings (SSSR count). The molecule has 2 fully saturated rings. The van der Waals surface area contributed by atoms with Crippen molar-refractivity contribution < 1.29 is 14.3 Å². The summed E-state index contributed by atoms with van der Waals surface area (Å²) >= 11 is 6.73. The van der Waals surface area contributed by atoms with Gasteiger partial charge in [-0.2, -0.15) is 0 Å². The van der Waals surface area contributed by atoms with Crippen LogP contribution in [0.1, 0.15) is 25.0 Å². The molecule has 0 aliphatic carbocycles. The first kappa shape index (κ1) is 25.8. The maximum Gasteiger partial charge on any atom is 0.267 e. The SMILES string of the molecule is CC(C)CN1C(=O)/C(=C/c2c(N3CCN(Cc4ccc5c(c4)OCO5)CC3)nc3ccccn3c2=O)SC1=S. The lowest BCUT2D eigenvalue weighted by Gasteiger charge is -2.36. The molecule has 0 N–H and O–H groups in total. The predicted molar refractivity (Wildman–Crippen MR) is 156 cm³/mol. The monoisotopic (exact) mass is 563 g/mol. The molecular formula is C28H29N5O4S2. The van der Waals surface area contributed by atoms with E-state index in [1.54, 1.807) is 23.2 Å². The van der Waals surface area contributed by atoms with E-state index in [9.17, 15) is 9.59 Å². The van der Waals surface area contributed by atoms with E-state index < -0.39 is 0 Å². The van der Waals surface area contributed by atoms with E-state index >= 15 is 0 Å². The van der Waals surface area contributed by atoms with E-state index in [-0.39, 0.29) is 24.2 Å². The number of thiocarbonyl (C=S) groups is 1. The van der Waals surface area contributed by atoms with Gasteiger partial charge in [-0.15, -0.1) is 0 Å². The summed E-state index contributed by atoms with van der Waals surface area (Å²) in [5.74, 6) is 2.30. The molecule has 5 heterocycles. The van der Waals surface area contributed by atoms with Gasteiger partial charge in [0.15, 0.2) is 11.5 Å². The van der Waals surface area contributed by atoms with Gasteiger partial charge >= 0.3 is 0 Å². The number of amides is 1.